The molecule has 51 heavy (non-hydrogen) atoms. The van der Waals surface area contributed by atoms with Crippen LogP contribution in [0.5, 0.6) is 11.5 Å². The molecule has 5 heterocycles. The molecule has 3 aromatic rings. The fourth-order valence-corrected chi connectivity index (χ4v) is 9.79. The number of anilines is 1. The number of cyclic esters (lactones) is 1. The Morgan fingerprint density at radius 2 is 1.88 bits per heavy atom. The lowest BCUT2D eigenvalue weighted by Crippen LogP contribution is -2.32. The van der Waals surface area contributed by atoms with Crippen LogP contribution in [0, 0.1) is 6.92 Å². The number of rotatable bonds is 14. The van der Waals surface area contributed by atoms with Crippen LogP contribution in [0.25, 0.3) is 11.2 Å². The van der Waals surface area contributed by atoms with Crippen LogP contribution >= 0.6 is 15.2 Å². The van der Waals surface area contributed by atoms with Gasteiger partial charge < -0.3 is 53.4 Å². The molecule has 278 valence electrons. The molecule has 0 bridgehead atoms. The molecule has 0 radical (unpaired) electrons. The molecule has 5 N–H and O–H groups in total. The SMILES string of the molecule is COc1c(C)c2c(c(O)c1C/C=C(\C)CCCOP(=O)(O)CP(=O)(O)OC[C@H]1O[C@@H](n3cnc4c(N)ncnc43)C3OC(C)(C)O[C@H]31)C(=O)OC2. The summed E-state index contributed by atoms with van der Waals surface area (Å²) in [5.74, 6) is -2.26. The molecular weight excluding hydrogens is 712 g/mol. The van der Waals surface area contributed by atoms with E-state index < -0.39 is 64.0 Å². The van der Waals surface area contributed by atoms with Crippen molar-refractivity contribution < 1.29 is 61.5 Å². The molecule has 3 aliphatic heterocycles. The monoisotopic (exact) mass is 753 g/mol. The number of ether oxygens (including phenoxy) is 5. The average molecular weight is 754 g/mol. The van der Waals surface area contributed by atoms with Crippen molar-refractivity contribution in [3.05, 3.63) is 46.6 Å². The number of imidazole rings is 1. The Morgan fingerprint density at radius 3 is 2.63 bits per heavy atom. The molecule has 0 amide bonds. The van der Waals surface area contributed by atoms with Gasteiger partial charge in [0.25, 0.3) is 0 Å². The number of esters is 1. The molecule has 2 fully saturated rings. The van der Waals surface area contributed by atoms with Crippen molar-refractivity contribution in [1.82, 2.24) is 19.5 Å². The number of phenolic OH excluding ortho intramolecular Hbond substituents is 1. The quantitative estimate of drug-likeness (QED) is 0.0790. The van der Waals surface area contributed by atoms with Gasteiger partial charge in [0.05, 0.1) is 26.7 Å². The standard InChI is InChI=1S/C31H41N5O13P2/c1-16(8-9-18-23(37)21-19(11-44-30(21)38)17(2)24(18)43-5)7-6-10-45-50(39,40)15-51(41,42)46-12-20-25-26(49-31(3,4)48-25)29(47-20)36-14-35-22-27(32)33-13-34-28(22)36/h8,13-14,20,25-26,29,37H,6-7,9-12,15H2,1-5H3,(H,39,40)(H,41,42)(H2,32,33,34)/b16-8+/t20-,25+,26?,29-/m1/s1. The Morgan fingerprint density at radius 1 is 1.16 bits per heavy atom. The van der Waals surface area contributed by atoms with E-state index >= 15 is 0 Å². The number of methoxy groups -OCH3 is 1. The van der Waals surface area contributed by atoms with Gasteiger partial charge in [-0.15, -0.1) is 0 Å². The maximum absolute atomic E-state index is 13.0. The zero-order valence-corrected chi connectivity index (χ0v) is 30.5. The number of benzene rings is 1. The maximum atomic E-state index is 13.0. The van der Waals surface area contributed by atoms with Crippen molar-refractivity contribution in [3.8, 4) is 11.5 Å². The summed E-state index contributed by atoms with van der Waals surface area (Å²) < 4.78 is 66.6. The number of aromatic hydroxyl groups is 1. The summed E-state index contributed by atoms with van der Waals surface area (Å²) in [6.45, 7) is 6.51. The van der Waals surface area contributed by atoms with Gasteiger partial charge in [0.15, 0.2) is 29.4 Å². The second-order valence-corrected chi connectivity index (χ2v) is 17.2. The number of nitrogens with two attached hydrogens (primary N) is 1. The fraction of sp³-hybridized carbons (Fsp3) is 0.548. The largest absolute Gasteiger partial charge is 0.507 e. The smallest absolute Gasteiger partial charge is 0.342 e. The third kappa shape index (κ3) is 7.70. The minimum Gasteiger partial charge on any atom is -0.507 e. The van der Waals surface area contributed by atoms with E-state index in [1.165, 1.54) is 19.8 Å². The molecule has 2 saturated heterocycles. The lowest BCUT2D eigenvalue weighted by atomic mass is 9.94. The molecule has 0 aliphatic carbocycles. The van der Waals surface area contributed by atoms with Crippen LogP contribution in [0.2, 0.25) is 0 Å². The fourth-order valence-electron chi connectivity index (χ4n) is 6.54. The summed E-state index contributed by atoms with van der Waals surface area (Å²) >= 11 is 0. The van der Waals surface area contributed by atoms with Crippen LogP contribution in [0.1, 0.15) is 66.9 Å². The summed E-state index contributed by atoms with van der Waals surface area (Å²) in [5.41, 5.74) is 9.45. The summed E-state index contributed by atoms with van der Waals surface area (Å²) in [6.07, 6.45) is 2.53. The second-order valence-electron chi connectivity index (χ2n) is 13.0. The molecule has 0 spiro atoms. The minimum absolute atomic E-state index is 0.0720. The third-order valence-electron chi connectivity index (χ3n) is 8.90. The molecule has 1 aromatic carbocycles. The molecule has 3 aliphatic rings. The third-order valence-corrected chi connectivity index (χ3v) is 12.9. The first kappa shape index (κ1) is 37.3. The van der Waals surface area contributed by atoms with Crippen molar-refractivity contribution in [2.24, 2.45) is 0 Å². The number of fused-ring (bicyclic) bond motifs is 3. The number of aromatic nitrogens is 4. The summed E-state index contributed by atoms with van der Waals surface area (Å²) in [4.78, 5) is 45.6. The van der Waals surface area contributed by atoms with Crippen LogP contribution in [0.4, 0.5) is 5.82 Å². The molecule has 6 atom stereocenters. The van der Waals surface area contributed by atoms with E-state index in [4.69, 9.17) is 38.5 Å². The Hall–Kier alpha value is -3.44. The first-order valence-electron chi connectivity index (χ1n) is 16.1. The van der Waals surface area contributed by atoms with E-state index in [1.807, 2.05) is 13.0 Å². The number of phenols is 1. The van der Waals surface area contributed by atoms with Crippen molar-refractivity contribution in [2.45, 2.75) is 83.9 Å². The molecule has 6 rings (SSSR count). The summed E-state index contributed by atoms with van der Waals surface area (Å²) in [7, 11) is -7.72. The second kappa shape index (κ2) is 14.2. The lowest BCUT2D eigenvalue weighted by molar-refractivity contribution is -0.199. The van der Waals surface area contributed by atoms with E-state index in [2.05, 4.69) is 15.0 Å². The van der Waals surface area contributed by atoms with E-state index in [9.17, 15) is 28.8 Å². The van der Waals surface area contributed by atoms with Crippen LogP contribution in [-0.2, 0) is 50.2 Å². The van der Waals surface area contributed by atoms with Gasteiger partial charge in [-0.05, 0) is 52.5 Å². The first-order valence-corrected chi connectivity index (χ1v) is 19.6. The van der Waals surface area contributed by atoms with Crippen LogP contribution in [0.3, 0.4) is 0 Å². The summed E-state index contributed by atoms with van der Waals surface area (Å²) in [6, 6.07) is 0. The summed E-state index contributed by atoms with van der Waals surface area (Å²) in [5, 5.41) is 10.8. The highest BCUT2D eigenvalue weighted by atomic mass is 31.2. The first-order chi connectivity index (χ1) is 24.0. The van der Waals surface area contributed by atoms with Crippen molar-refractivity contribution in [3.63, 3.8) is 0 Å². The van der Waals surface area contributed by atoms with Crippen molar-refractivity contribution in [1.29, 1.82) is 0 Å². The Labute approximate surface area is 292 Å². The number of carbonyl (C=O) groups excluding carboxylic acids is 1. The number of hydrogen-bond acceptors (Lipinski definition) is 15. The molecular formula is C31H41N5O13P2. The topological polar surface area (TPSA) is 246 Å². The predicted molar refractivity (Wildman–Crippen MR) is 179 cm³/mol. The van der Waals surface area contributed by atoms with Gasteiger partial charge in [-0.25, -0.2) is 19.7 Å². The highest BCUT2D eigenvalue weighted by Gasteiger charge is 2.56. The van der Waals surface area contributed by atoms with Gasteiger partial charge in [0.2, 0.25) is 0 Å². The number of nitrogen functional groups attached to an aromatic ring is 1. The molecule has 2 aromatic heterocycles. The Kier molecular flexibility index (Phi) is 10.4. The van der Waals surface area contributed by atoms with Gasteiger partial charge in [-0.3, -0.25) is 13.7 Å². The average Bonchev–Trinajstić information content (AvgIpc) is 3.81. The number of carbonyl (C=O) groups is 1. The predicted octanol–water partition coefficient (Wildman–Crippen LogP) is 3.85. The number of nitrogens with zero attached hydrogens (tertiary/aromatic N) is 4. The Balaban J connectivity index is 1.01. The molecule has 3 unspecified atom stereocenters. The van der Waals surface area contributed by atoms with E-state index in [1.54, 1.807) is 25.3 Å². The Bertz CT molecular complexity index is 1970. The highest BCUT2D eigenvalue weighted by molar-refractivity contribution is 7.70. The number of allylic oxidation sites excluding steroid dienone is 2. The van der Waals surface area contributed by atoms with Crippen LogP contribution in [0.15, 0.2) is 24.3 Å². The maximum Gasteiger partial charge on any atom is 0.342 e. The molecule has 20 heteroatoms. The van der Waals surface area contributed by atoms with Gasteiger partial charge in [-0.2, -0.15) is 0 Å². The van der Waals surface area contributed by atoms with Crippen molar-refractivity contribution >= 4 is 38.1 Å². The molecule has 0 saturated carbocycles. The lowest BCUT2D eigenvalue weighted by Gasteiger charge is -2.25. The van der Waals surface area contributed by atoms with Crippen LogP contribution < -0.4 is 10.5 Å². The van der Waals surface area contributed by atoms with Gasteiger partial charge in [0.1, 0.15) is 53.8 Å². The zero-order valence-electron chi connectivity index (χ0n) is 28.7. The van der Waals surface area contributed by atoms with Crippen molar-refractivity contribution in [2.75, 3.05) is 32.0 Å². The van der Waals surface area contributed by atoms with Crippen LogP contribution in [-0.4, -0.2) is 90.7 Å². The van der Waals surface area contributed by atoms with Gasteiger partial charge >= 0.3 is 21.2 Å². The molecule has 18 nitrogen and oxygen atoms in total. The van der Waals surface area contributed by atoms with E-state index in [-0.39, 0.29) is 36.8 Å². The highest BCUT2D eigenvalue weighted by Crippen LogP contribution is 2.59. The van der Waals surface area contributed by atoms with Gasteiger partial charge in [0, 0.05) is 11.1 Å². The minimum atomic E-state index is -4.65. The normalized spacial score (nSPS) is 25.0. The number of hydrogen-bond donors (Lipinski definition) is 4. The zero-order chi connectivity index (χ0) is 36.9. The van der Waals surface area contributed by atoms with E-state index in [0.29, 0.717) is 46.4 Å². The van der Waals surface area contributed by atoms with E-state index in [0.717, 1.165) is 5.57 Å². The van der Waals surface area contributed by atoms with Gasteiger partial charge in [-0.1, -0.05) is 11.6 Å².